The Labute approximate surface area is 78.2 Å². The molecule has 0 aliphatic carbocycles. The summed E-state index contributed by atoms with van der Waals surface area (Å²) in [7, 11) is 0. The molecule has 0 fully saturated rings. The van der Waals surface area contributed by atoms with Crippen LogP contribution in [-0.2, 0) is 26.1 Å². The first-order valence-corrected chi connectivity index (χ1v) is 6.05. The van der Waals surface area contributed by atoms with Gasteiger partial charge in [0.15, 0.2) is 0 Å². The van der Waals surface area contributed by atoms with Gasteiger partial charge in [-0.1, -0.05) is 0 Å². The maximum atomic E-state index is 9.07. The van der Waals surface area contributed by atoms with E-state index in [-0.39, 0.29) is 0 Å². The van der Waals surface area contributed by atoms with Gasteiger partial charge < -0.3 is 0 Å². The zero-order valence-electron chi connectivity index (χ0n) is 4.76. The number of rotatable bonds is 0. The third-order valence-electron chi connectivity index (χ3n) is 1.04. The van der Waals surface area contributed by atoms with Gasteiger partial charge in [-0.3, -0.25) is 0 Å². The molecule has 1 nitrogen and oxygen atoms in total. The summed E-state index contributed by atoms with van der Waals surface area (Å²) in [6.07, 6.45) is 0. The van der Waals surface area contributed by atoms with Crippen LogP contribution in [0.5, 0.6) is 5.75 Å². The third kappa shape index (κ3) is 1.94. The molecule has 3 heteroatoms. The van der Waals surface area contributed by atoms with E-state index >= 15 is 0 Å². The Kier molecular flexibility index (Phi) is 2.53. The van der Waals surface area contributed by atoms with Crippen LogP contribution in [0.2, 0.25) is 0 Å². The first-order chi connectivity index (χ1) is 4.20. The SMILES string of the molecule is Oc1ccc(Br)c[c]1[Hg]. The van der Waals surface area contributed by atoms with Crippen LogP contribution in [0.3, 0.4) is 0 Å². The normalized spacial score (nSPS) is 9.67. The average Bonchev–Trinajstić information content (AvgIpc) is 1.80. The Balaban J connectivity index is 3.17. The van der Waals surface area contributed by atoms with E-state index < -0.39 is 0 Å². The molecule has 0 unspecified atom stereocenters. The first kappa shape index (κ1) is 7.54. The molecule has 0 aliphatic rings. The van der Waals surface area contributed by atoms with Crippen molar-refractivity contribution in [3.63, 3.8) is 0 Å². The van der Waals surface area contributed by atoms with Gasteiger partial charge in [-0.15, -0.1) is 0 Å². The van der Waals surface area contributed by atoms with E-state index in [0.717, 1.165) is 7.54 Å². The molecule has 1 aromatic carbocycles. The van der Waals surface area contributed by atoms with Gasteiger partial charge in [0, 0.05) is 0 Å². The van der Waals surface area contributed by atoms with Gasteiger partial charge in [0.05, 0.1) is 0 Å². The van der Waals surface area contributed by atoms with Crippen molar-refractivity contribution in [2.75, 3.05) is 0 Å². The fraction of sp³-hybridized carbons (Fsp3) is 0. The molecule has 0 atom stereocenters. The second-order valence-corrected chi connectivity index (χ2v) is 5.65. The Morgan fingerprint density at radius 3 is 2.56 bits per heavy atom. The van der Waals surface area contributed by atoms with Crippen LogP contribution in [0.4, 0.5) is 0 Å². The summed E-state index contributed by atoms with van der Waals surface area (Å²) in [5.74, 6) is 0.432. The molecule has 0 spiro atoms. The average molecular weight is 373 g/mol. The van der Waals surface area contributed by atoms with E-state index in [4.69, 9.17) is 5.11 Å². The molecule has 43 valence electrons. The van der Waals surface area contributed by atoms with E-state index in [1.807, 2.05) is 12.1 Å². The fourth-order valence-corrected chi connectivity index (χ4v) is 3.44. The Morgan fingerprint density at radius 1 is 1.44 bits per heavy atom. The zero-order valence-corrected chi connectivity index (χ0v) is 11.8. The summed E-state index contributed by atoms with van der Waals surface area (Å²) in [5, 5.41) is 9.07. The van der Waals surface area contributed by atoms with Gasteiger partial charge in [0.25, 0.3) is 0 Å². The standard InChI is InChI=1S/C6H4BrO.Hg/c7-5-1-3-6(8)4-2-5;/h1-3,8H;. The molecule has 0 aromatic heterocycles. The minimum atomic E-state index is 0.432. The predicted octanol–water partition coefficient (Wildman–Crippen LogP) is 1.33. The first-order valence-electron chi connectivity index (χ1n) is 2.50. The van der Waals surface area contributed by atoms with E-state index in [2.05, 4.69) is 15.9 Å². The van der Waals surface area contributed by atoms with E-state index in [1.165, 1.54) is 0 Å². The fourth-order valence-electron chi connectivity index (χ4n) is 0.554. The summed E-state index contributed by atoms with van der Waals surface area (Å²) >= 11 is 3.82. The third-order valence-corrected chi connectivity index (χ3v) is 3.74. The Hall–Kier alpha value is 0.435. The van der Waals surface area contributed by atoms with Crippen LogP contribution >= 0.6 is 15.9 Å². The molecule has 1 rings (SSSR count). The molecule has 0 amide bonds. The van der Waals surface area contributed by atoms with Gasteiger partial charge in [-0.2, -0.15) is 0 Å². The van der Waals surface area contributed by atoms with Crippen molar-refractivity contribution < 1.29 is 31.2 Å². The number of hydrogen-bond donors (Lipinski definition) is 1. The minimum absolute atomic E-state index is 0.432. The molecule has 1 N–H and O–H groups in total. The monoisotopic (exact) mass is 373 g/mol. The van der Waals surface area contributed by atoms with Crippen LogP contribution in [0.1, 0.15) is 0 Å². The van der Waals surface area contributed by atoms with Crippen LogP contribution in [-0.4, -0.2) is 5.11 Å². The zero-order chi connectivity index (χ0) is 6.85. The van der Waals surface area contributed by atoms with Crippen LogP contribution < -0.4 is 3.07 Å². The summed E-state index contributed by atoms with van der Waals surface area (Å²) in [4.78, 5) is 0. The van der Waals surface area contributed by atoms with Crippen molar-refractivity contribution in [3.05, 3.63) is 22.7 Å². The molecule has 9 heavy (non-hydrogen) atoms. The molecule has 0 radical (unpaired) electrons. The predicted molar refractivity (Wildman–Crippen MR) is 35.4 cm³/mol. The number of aromatic hydroxyl groups is 1. The van der Waals surface area contributed by atoms with E-state index in [9.17, 15) is 0 Å². The topological polar surface area (TPSA) is 20.2 Å². The maximum absolute atomic E-state index is 9.07. The summed E-state index contributed by atoms with van der Waals surface area (Å²) in [6.45, 7) is 0. The van der Waals surface area contributed by atoms with Crippen molar-refractivity contribution in [3.8, 4) is 5.75 Å². The second kappa shape index (κ2) is 3.02. The van der Waals surface area contributed by atoms with Crippen molar-refractivity contribution in [1.29, 1.82) is 0 Å². The quantitative estimate of drug-likeness (QED) is 0.681. The van der Waals surface area contributed by atoms with E-state index in [1.54, 1.807) is 6.07 Å². The number of benzene rings is 1. The Bertz CT molecular complexity index is 224. The second-order valence-electron chi connectivity index (χ2n) is 1.77. The molecule has 1 aromatic rings. The van der Waals surface area contributed by atoms with Crippen molar-refractivity contribution >= 4 is 19.0 Å². The van der Waals surface area contributed by atoms with Gasteiger partial charge in [0.2, 0.25) is 0 Å². The molecule has 0 saturated heterocycles. The number of phenolic OH excluding ortho intramolecular Hbond substituents is 1. The van der Waals surface area contributed by atoms with Gasteiger partial charge in [0.1, 0.15) is 0 Å². The summed E-state index contributed by atoms with van der Waals surface area (Å²) in [5.41, 5.74) is 0. The van der Waals surface area contributed by atoms with Gasteiger partial charge in [-0.05, 0) is 0 Å². The van der Waals surface area contributed by atoms with Crippen LogP contribution in [0.25, 0.3) is 0 Å². The number of hydrogen-bond acceptors (Lipinski definition) is 1. The van der Waals surface area contributed by atoms with Crippen LogP contribution in [0, 0.1) is 0 Å². The van der Waals surface area contributed by atoms with Crippen molar-refractivity contribution in [1.82, 2.24) is 0 Å². The van der Waals surface area contributed by atoms with E-state index in [0.29, 0.717) is 31.9 Å². The Morgan fingerprint density at radius 2 is 2.11 bits per heavy atom. The van der Waals surface area contributed by atoms with Crippen LogP contribution in [0.15, 0.2) is 22.7 Å². The summed E-state index contributed by atoms with van der Waals surface area (Å²) < 4.78 is 2.13. The summed E-state index contributed by atoms with van der Waals surface area (Å²) in [6, 6.07) is 5.51. The number of phenols is 1. The number of halogens is 1. The van der Waals surface area contributed by atoms with Crippen molar-refractivity contribution in [2.24, 2.45) is 0 Å². The molecule has 0 heterocycles. The molecular formula is C6H4BrHgO. The molecule has 0 bridgehead atoms. The molecule has 0 aliphatic heterocycles. The molecular weight excluding hydrogens is 369 g/mol. The van der Waals surface area contributed by atoms with Gasteiger partial charge in [-0.25, -0.2) is 0 Å². The van der Waals surface area contributed by atoms with Crippen molar-refractivity contribution in [2.45, 2.75) is 0 Å². The van der Waals surface area contributed by atoms with Gasteiger partial charge >= 0.3 is 78.7 Å². The molecule has 0 saturated carbocycles.